The number of allylic oxidation sites excluding steroid dienone is 1. The number of aryl methyl sites for hydroxylation is 1. The Hall–Kier alpha value is -2.79. The molecule has 0 saturated carbocycles. The van der Waals surface area contributed by atoms with Crippen LogP contribution in [0.5, 0.6) is 5.75 Å². The topological polar surface area (TPSA) is 64.6 Å². The molecule has 5 heteroatoms. The molecule has 3 aromatic rings. The molecule has 27 heavy (non-hydrogen) atoms. The van der Waals surface area contributed by atoms with E-state index in [1.54, 1.807) is 12.2 Å². The van der Waals surface area contributed by atoms with Gasteiger partial charge in [-0.1, -0.05) is 24.3 Å². The Labute approximate surface area is 158 Å². The zero-order valence-electron chi connectivity index (χ0n) is 15.6. The van der Waals surface area contributed by atoms with Crippen LogP contribution in [0.1, 0.15) is 37.7 Å². The van der Waals surface area contributed by atoms with Gasteiger partial charge in [0, 0.05) is 24.3 Å². The first-order valence-electron chi connectivity index (χ1n) is 9.30. The van der Waals surface area contributed by atoms with Gasteiger partial charge in [-0.25, -0.2) is 0 Å². The Morgan fingerprint density at radius 3 is 2.85 bits per heavy atom. The van der Waals surface area contributed by atoms with Crippen LogP contribution in [-0.4, -0.2) is 16.3 Å². The smallest absolute Gasteiger partial charge is 0.227 e. The van der Waals surface area contributed by atoms with Gasteiger partial charge in [0.05, 0.1) is 6.61 Å². The Morgan fingerprint density at radius 2 is 2.04 bits per heavy atom. The SMILES string of the molecule is C/C=C/c1oc(CO)cc(=O)c1OCCCCCn1ccc2ccccc21. The van der Waals surface area contributed by atoms with Crippen molar-refractivity contribution in [3.63, 3.8) is 0 Å². The summed E-state index contributed by atoms with van der Waals surface area (Å²) in [4.78, 5) is 12.2. The molecule has 142 valence electrons. The maximum Gasteiger partial charge on any atom is 0.227 e. The van der Waals surface area contributed by atoms with Crippen LogP contribution in [0.4, 0.5) is 0 Å². The minimum Gasteiger partial charge on any atom is -0.486 e. The van der Waals surface area contributed by atoms with Crippen LogP contribution in [0.3, 0.4) is 0 Å². The van der Waals surface area contributed by atoms with Crippen molar-refractivity contribution >= 4 is 17.0 Å². The standard InChI is InChI=1S/C22H25NO4/c1-2-8-21-22(20(25)15-18(16-24)27-21)26-14-7-3-6-12-23-13-11-17-9-4-5-10-19(17)23/h2,4-5,8-11,13,15,24H,3,6-7,12,14,16H2,1H3/b8-2+. The highest BCUT2D eigenvalue weighted by Gasteiger charge is 2.11. The predicted octanol–water partition coefficient (Wildman–Crippen LogP) is 4.37. The molecular formula is C22H25NO4. The Bertz CT molecular complexity index is 968. The van der Waals surface area contributed by atoms with Crippen LogP contribution in [0.25, 0.3) is 17.0 Å². The van der Waals surface area contributed by atoms with Crippen molar-refractivity contribution in [3.05, 3.63) is 70.4 Å². The Morgan fingerprint density at radius 1 is 1.19 bits per heavy atom. The summed E-state index contributed by atoms with van der Waals surface area (Å²) in [6.45, 7) is 2.94. The minimum absolute atomic E-state index is 0.210. The number of aromatic nitrogens is 1. The number of rotatable bonds is 9. The van der Waals surface area contributed by atoms with Crippen LogP contribution in [0.15, 0.2) is 57.9 Å². The van der Waals surface area contributed by atoms with E-state index in [9.17, 15) is 4.79 Å². The van der Waals surface area contributed by atoms with Gasteiger partial charge < -0.3 is 18.8 Å². The molecule has 0 fully saturated rings. The van der Waals surface area contributed by atoms with Gasteiger partial charge in [0.25, 0.3) is 0 Å². The van der Waals surface area contributed by atoms with Gasteiger partial charge in [-0.3, -0.25) is 4.79 Å². The van der Waals surface area contributed by atoms with E-state index in [0.29, 0.717) is 12.4 Å². The number of nitrogens with zero attached hydrogens (tertiary/aromatic N) is 1. The fourth-order valence-corrected chi connectivity index (χ4v) is 3.10. The second kappa shape index (κ2) is 9.24. The molecule has 0 aliphatic carbocycles. The number of hydrogen-bond acceptors (Lipinski definition) is 4. The molecule has 0 spiro atoms. The minimum atomic E-state index is -0.311. The van der Waals surface area contributed by atoms with Gasteiger partial charge in [0.1, 0.15) is 12.4 Å². The van der Waals surface area contributed by atoms with Crippen LogP contribution in [0.2, 0.25) is 0 Å². The second-order valence-electron chi connectivity index (χ2n) is 6.41. The number of para-hydroxylation sites is 1. The lowest BCUT2D eigenvalue weighted by Crippen LogP contribution is -2.11. The highest BCUT2D eigenvalue weighted by atomic mass is 16.5. The van der Waals surface area contributed by atoms with Crippen molar-refractivity contribution < 1.29 is 14.3 Å². The summed E-state index contributed by atoms with van der Waals surface area (Å²) < 4.78 is 13.4. The number of hydrogen-bond donors (Lipinski definition) is 1. The highest BCUT2D eigenvalue weighted by molar-refractivity contribution is 5.79. The first kappa shape index (κ1) is 19.0. The molecule has 0 amide bonds. The lowest BCUT2D eigenvalue weighted by atomic mass is 10.2. The van der Waals surface area contributed by atoms with Gasteiger partial charge in [0.15, 0.2) is 5.76 Å². The van der Waals surface area contributed by atoms with E-state index in [4.69, 9.17) is 14.3 Å². The van der Waals surface area contributed by atoms with Gasteiger partial charge in [-0.15, -0.1) is 0 Å². The number of benzene rings is 1. The van der Waals surface area contributed by atoms with Crippen molar-refractivity contribution in [3.8, 4) is 5.75 Å². The van der Waals surface area contributed by atoms with E-state index in [0.717, 1.165) is 25.8 Å². The summed E-state index contributed by atoms with van der Waals surface area (Å²) in [6, 6.07) is 11.8. The summed E-state index contributed by atoms with van der Waals surface area (Å²) in [5, 5.41) is 10.4. The second-order valence-corrected chi connectivity index (χ2v) is 6.41. The van der Waals surface area contributed by atoms with Crippen molar-refractivity contribution in [1.82, 2.24) is 4.57 Å². The number of ether oxygens (including phenoxy) is 1. The van der Waals surface area contributed by atoms with Crippen molar-refractivity contribution in [2.75, 3.05) is 6.61 Å². The van der Waals surface area contributed by atoms with E-state index in [-0.39, 0.29) is 23.5 Å². The molecule has 0 aliphatic heterocycles. The van der Waals surface area contributed by atoms with Crippen molar-refractivity contribution in [2.45, 2.75) is 39.3 Å². The first-order valence-corrected chi connectivity index (χ1v) is 9.30. The van der Waals surface area contributed by atoms with Crippen LogP contribution in [0, 0.1) is 0 Å². The van der Waals surface area contributed by atoms with E-state index in [1.165, 1.54) is 17.0 Å². The molecule has 0 aliphatic rings. The third-order valence-electron chi connectivity index (χ3n) is 4.42. The predicted molar refractivity (Wildman–Crippen MR) is 107 cm³/mol. The third kappa shape index (κ3) is 4.68. The normalized spacial score (nSPS) is 11.5. The highest BCUT2D eigenvalue weighted by Crippen LogP contribution is 2.19. The molecule has 0 bridgehead atoms. The molecule has 1 aromatic carbocycles. The van der Waals surface area contributed by atoms with Crippen LogP contribution in [-0.2, 0) is 13.2 Å². The summed E-state index contributed by atoms with van der Waals surface area (Å²) in [5.41, 5.74) is 0.989. The molecule has 0 saturated heterocycles. The monoisotopic (exact) mass is 367 g/mol. The summed E-state index contributed by atoms with van der Waals surface area (Å²) in [7, 11) is 0. The fourth-order valence-electron chi connectivity index (χ4n) is 3.10. The Balaban J connectivity index is 1.50. The number of aliphatic hydroxyl groups excluding tert-OH is 1. The van der Waals surface area contributed by atoms with E-state index in [1.807, 2.05) is 6.92 Å². The van der Waals surface area contributed by atoms with Gasteiger partial charge >= 0.3 is 0 Å². The molecule has 1 N–H and O–H groups in total. The molecule has 5 nitrogen and oxygen atoms in total. The molecule has 3 rings (SSSR count). The van der Waals surface area contributed by atoms with E-state index < -0.39 is 0 Å². The fraction of sp³-hybridized carbons (Fsp3) is 0.318. The molecule has 2 aromatic heterocycles. The maximum atomic E-state index is 12.2. The van der Waals surface area contributed by atoms with Crippen molar-refractivity contribution in [1.29, 1.82) is 0 Å². The number of aliphatic hydroxyl groups is 1. The molecule has 2 heterocycles. The maximum absolute atomic E-state index is 12.2. The molecular weight excluding hydrogens is 342 g/mol. The van der Waals surface area contributed by atoms with Crippen LogP contribution >= 0.6 is 0 Å². The van der Waals surface area contributed by atoms with Crippen molar-refractivity contribution in [2.24, 2.45) is 0 Å². The summed E-state index contributed by atoms with van der Waals surface area (Å²) in [6.07, 6.45) is 8.47. The summed E-state index contributed by atoms with van der Waals surface area (Å²) in [5.74, 6) is 0.800. The van der Waals surface area contributed by atoms with E-state index >= 15 is 0 Å². The lowest BCUT2D eigenvalue weighted by Gasteiger charge is -2.09. The number of fused-ring (bicyclic) bond motifs is 1. The summed E-state index contributed by atoms with van der Waals surface area (Å²) >= 11 is 0. The Kier molecular flexibility index (Phi) is 6.49. The molecule has 0 radical (unpaired) electrons. The third-order valence-corrected chi connectivity index (χ3v) is 4.42. The quantitative estimate of drug-likeness (QED) is 0.571. The first-order chi connectivity index (χ1) is 13.2. The average molecular weight is 367 g/mol. The zero-order chi connectivity index (χ0) is 19.1. The molecule has 0 unspecified atom stereocenters. The lowest BCUT2D eigenvalue weighted by molar-refractivity contribution is 0.235. The van der Waals surface area contributed by atoms with Gasteiger partial charge in [-0.05, 0) is 49.8 Å². The average Bonchev–Trinajstić information content (AvgIpc) is 3.09. The van der Waals surface area contributed by atoms with Crippen LogP contribution < -0.4 is 10.2 Å². The largest absolute Gasteiger partial charge is 0.486 e. The van der Waals surface area contributed by atoms with E-state index in [2.05, 4.69) is 41.1 Å². The van der Waals surface area contributed by atoms with Gasteiger partial charge in [0.2, 0.25) is 11.2 Å². The zero-order valence-corrected chi connectivity index (χ0v) is 15.6. The number of unbranched alkanes of at least 4 members (excludes halogenated alkanes) is 2. The molecule has 0 atom stereocenters. The van der Waals surface area contributed by atoms with Gasteiger partial charge in [-0.2, -0.15) is 0 Å².